The quantitative estimate of drug-likeness (QED) is 0.304. The zero-order chi connectivity index (χ0) is 12.1. The van der Waals surface area contributed by atoms with Crippen LogP contribution < -0.4 is 0 Å². The average molecular weight is 761 g/mol. The first-order chi connectivity index (χ1) is 7.25. The number of alkyl halides is 1. The van der Waals surface area contributed by atoms with Gasteiger partial charge in [-0.25, -0.2) is 0 Å². The number of esters is 1. The molecule has 0 saturated heterocycles. The SMILES string of the molecule is C[C-]1C2CCC(C2)C1(F)C(=O)OC(C)(C)C.[Rf].[Rf]. The van der Waals surface area contributed by atoms with E-state index in [1.54, 1.807) is 27.7 Å². The van der Waals surface area contributed by atoms with Gasteiger partial charge in [-0.05, 0) is 26.7 Å². The second-order valence-corrected chi connectivity index (χ2v) is 6.10. The summed E-state index contributed by atoms with van der Waals surface area (Å²) in [5.74, 6) is 0.164. The van der Waals surface area contributed by atoms with E-state index in [0.717, 1.165) is 19.3 Å². The van der Waals surface area contributed by atoms with Crippen LogP contribution in [0.25, 0.3) is 0 Å². The molecule has 2 rings (SSSR count). The molecule has 2 fully saturated rings. The Bertz CT molecular complexity index is 313. The third-order valence-electron chi connectivity index (χ3n) is 3.88. The second-order valence-electron chi connectivity index (χ2n) is 6.10. The number of hydrogen-bond donors (Lipinski definition) is 0. The van der Waals surface area contributed by atoms with Crippen molar-refractivity contribution in [1.82, 2.24) is 0 Å². The third kappa shape index (κ3) is 1.85. The smallest absolute Gasteiger partial charge is 0.313 e. The van der Waals surface area contributed by atoms with Crippen molar-refractivity contribution in [2.24, 2.45) is 11.8 Å². The molecule has 96 valence electrons. The van der Waals surface area contributed by atoms with Gasteiger partial charge in [-0.3, -0.25) is 15.1 Å². The Labute approximate surface area is 96.5 Å². The van der Waals surface area contributed by atoms with Crippen molar-refractivity contribution in [3.8, 4) is 0 Å². The molecule has 0 spiro atoms. The van der Waals surface area contributed by atoms with E-state index < -0.39 is 17.2 Å². The van der Waals surface area contributed by atoms with E-state index in [0.29, 0.717) is 11.8 Å². The van der Waals surface area contributed by atoms with E-state index in [4.69, 9.17) is 4.74 Å². The first-order valence-electron chi connectivity index (χ1n) is 6.01. The minimum absolute atomic E-state index is 0. The monoisotopic (exact) mass is 761 g/mol. The summed E-state index contributed by atoms with van der Waals surface area (Å²) in [5, 5.41) is 0. The number of rotatable bonds is 1. The van der Waals surface area contributed by atoms with E-state index >= 15 is 0 Å². The van der Waals surface area contributed by atoms with Gasteiger partial charge in [-0.15, -0.1) is 0 Å². The van der Waals surface area contributed by atoms with Gasteiger partial charge < -0.3 is 4.74 Å². The van der Waals surface area contributed by atoms with Crippen LogP contribution >= 0.6 is 0 Å². The molecule has 0 aromatic carbocycles. The number of carbonyl (C=O) groups excluding carboxylic acids is 1. The van der Waals surface area contributed by atoms with Crippen molar-refractivity contribution in [3.63, 3.8) is 0 Å². The first kappa shape index (κ1) is 15.4. The van der Waals surface area contributed by atoms with Gasteiger partial charge in [-0.2, -0.15) is 12.8 Å². The van der Waals surface area contributed by atoms with Crippen molar-refractivity contribution in [2.75, 3.05) is 0 Å². The van der Waals surface area contributed by atoms with Gasteiger partial charge in [0, 0.05) is 0 Å². The summed E-state index contributed by atoms with van der Waals surface area (Å²) in [4.78, 5) is 12.0. The van der Waals surface area contributed by atoms with Crippen LogP contribution in [-0.4, -0.2) is 17.2 Å². The summed E-state index contributed by atoms with van der Waals surface area (Å²) in [6.45, 7) is 7.10. The first-order valence-corrected chi connectivity index (χ1v) is 6.01. The molecule has 3 atom stereocenters. The fourth-order valence-electron chi connectivity index (χ4n) is 3.04. The fourth-order valence-corrected chi connectivity index (χ4v) is 3.04. The summed E-state index contributed by atoms with van der Waals surface area (Å²) in [6.07, 6.45) is 2.67. The minimum Gasteiger partial charge on any atom is -0.460 e. The van der Waals surface area contributed by atoms with Crippen LogP contribution in [0, 0.1) is 17.8 Å². The van der Waals surface area contributed by atoms with Crippen LogP contribution in [0.3, 0.4) is 0 Å². The molecule has 0 aromatic heterocycles. The molecule has 0 N–H and O–H groups in total. The summed E-state index contributed by atoms with van der Waals surface area (Å²) in [6, 6.07) is 0. The fraction of sp³-hybridized carbons (Fsp3) is 0.846. The standard InChI is InChI=1S/C13H20FO2.2Rf/c1-8-9-5-6-10(7-9)13(8,14)11(15)16-12(2,3)4;;/h9-10H,5-7H2,1-4H3;;/q-1;;. The van der Waals surface area contributed by atoms with E-state index in [2.05, 4.69) is 0 Å². The molecule has 0 amide bonds. The number of ether oxygens (including phenoxy) is 1. The number of halogens is 1. The molecular formula is C13H20FO2Rf2-. The van der Waals surface area contributed by atoms with Gasteiger partial charge in [-0.1, -0.05) is 19.3 Å². The molecule has 18 heavy (non-hydrogen) atoms. The number of carbonyl (C=O) groups is 1. The molecule has 0 aromatic rings. The molecular weight excluding hydrogens is 741 g/mol. The number of fused-ring (bicyclic) bond motifs is 2. The van der Waals surface area contributed by atoms with Crippen LogP contribution in [0.2, 0.25) is 0 Å². The molecule has 5 heteroatoms. The molecule has 0 heterocycles. The van der Waals surface area contributed by atoms with Crippen molar-refractivity contribution >= 4 is 5.97 Å². The van der Waals surface area contributed by atoms with E-state index in [1.807, 2.05) is 0 Å². The van der Waals surface area contributed by atoms with Crippen LogP contribution in [0.15, 0.2) is 0 Å². The van der Waals surface area contributed by atoms with Crippen molar-refractivity contribution < 1.29 is 13.9 Å². The predicted octanol–water partition coefficient (Wildman–Crippen LogP) is 3.06. The van der Waals surface area contributed by atoms with Crippen LogP contribution in [-0.2, 0) is 9.53 Å². The Morgan fingerprint density at radius 2 is 1.89 bits per heavy atom. The van der Waals surface area contributed by atoms with Gasteiger partial charge in [0.25, 0.3) is 0 Å². The maximum Gasteiger partial charge on any atom is 0.313 e. The summed E-state index contributed by atoms with van der Waals surface area (Å²) < 4.78 is 20.0. The molecule has 2 bridgehead atoms. The van der Waals surface area contributed by atoms with Gasteiger partial charge in [0.1, 0.15) is 5.60 Å². The molecule has 2 saturated carbocycles. The number of hydrogen-bond acceptors (Lipinski definition) is 2. The minimum atomic E-state index is -1.81. The largest absolute Gasteiger partial charge is 0.460 e. The molecule has 0 radical (unpaired) electrons. The van der Waals surface area contributed by atoms with Crippen LogP contribution in [0.4, 0.5) is 4.39 Å². The normalized spacial score (nSPS) is 34.7. The summed E-state index contributed by atoms with van der Waals surface area (Å²) >= 11 is 0. The van der Waals surface area contributed by atoms with Crippen molar-refractivity contribution in [1.29, 1.82) is 0 Å². The average Bonchev–Trinajstić information content (AvgIpc) is 2.67. The van der Waals surface area contributed by atoms with Gasteiger partial charge in [0.15, 0.2) is 0 Å². The molecule has 2 nitrogen and oxygen atoms in total. The Kier molecular flexibility index (Phi) is 3.43. The Morgan fingerprint density at radius 1 is 1.33 bits per heavy atom. The Hall–Kier alpha value is -2.60. The molecule has 0 aliphatic heterocycles. The van der Waals surface area contributed by atoms with Crippen molar-refractivity contribution in [3.05, 3.63) is 5.92 Å². The van der Waals surface area contributed by atoms with Gasteiger partial charge in [0.05, 0.1) is 5.67 Å². The van der Waals surface area contributed by atoms with Crippen molar-refractivity contribution in [2.45, 2.75) is 58.2 Å². The van der Waals surface area contributed by atoms with Gasteiger partial charge in [0.2, 0.25) is 0 Å². The third-order valence-corrected chi connectivity index (χ3v) is 3.88. The Morgan fingerprint density at radius 3 is 2.28 bits per heavy atom. The zero-order valence-corrected chi connectivity index (χ0v) is 24.7. The summed E-state index contributed by atoms with van der Waals surface area (Å²) in [7, 11) is 0. The molecule has 2 aliphatic carbocycles. The predicted molar refractivity (Wildman–Crippen MR) is 59.4 cm³/mol. The maximum atomic E-state index is 14.8. The maximum absolute atomic E-state index is 14.8. The van der Waals surface area contributed by atoms with Crippen LogP contribution in [0.1, 0.15) is 47.0 Å². The topological polar surface area (TPSA) is 26.3 Å². The van der Waals surface area contributed by atoms with E-state index in [1.165, 1.54) is 0 Å². The molecule has 3 unspecified atom stereocenters. The zero-order valence-electron chi connectivity index (χ0n) is 11.9. The van der Waals surface area contributed by atoms with E-state index in [-0.39, 0.29) is 5.92 Å². The molecule has 2 aliphatic rings. The van der Waals surface area contributed by atoms with Crippen LogP contribution in [0.5, 0.6) is 0 Å². The van der Waals surface area contributed by atoms with Gasteiger partial charge >= 0.3 is 5.97 Å². The second kappa shape index (κ2) is 4.01. The van der Waals surface area contributed by atoms with E-state index in [9.17, 15) is 9.18 Å². The Balaban J connectivity index is 0.00000144. The summed E-state index contributed by atoms with van der Waals surface area (Å²) in [5.41, 5.74) is -2.42.